The number of aromatic nitrogens is 4. The van der Waals surface area contributed by atoms with Crippen LogP contribution in [0.2, 0.25) is 0 Å². The molecule has 0 amide bonds. The number of hydrogen-bond donors (Lipinski definition) is 1. The lowest BCUT2D eigenvalue weighted by Gasteiger charge is -2.09. The molecule has 1 aromatic heterocycles. The highest BCUT2D eigenvalue weighted by atomic mass is 79.9. The molecule has 1 N–H and O–H groups in total. The Morgan fingerprint density at radius 2 is 1.95 bits per heavy atom. The normalized spacial score (nSPS) is 12.0. The van der Waals surface area contributed by atoms with Gasteiger partial charge in [-0.2, -0.15) is 0 Å². The maximum atomic E-state index is 12.1. The van der Waals surface area contributed by atoms with E-state index in [1.807, 2.05) is 13.8 Å². The molecule has 1 heterocycles. The van der Waals surface area contributed by atoms with Crippen LogP contribution in [0.25, 0.3) is 0 Å². The zero-order chi connectivity index (χ0) is 15.5. The van der Waals surface area contributed by atoms with Crippen molar-refractivity contribution in [1.29, 1.82) is 0 Å². The molecule has 0 aliphatic rings. The van der Waals surface area contributed by atoms with Crippen LogP contribution in [0.15, 0.2) is 33.6 Å². The molecular weight excluding hydrogens is 358 g/mol. The average molecular weight is 374 g/mol. The summed E-state index contributed by atoms with van der Waals surface area (Å²) in [7, 11) is -3.51. The highest BCUT2D eigenvalue weighted by molar-refractivity contribution is 9.10. The molecule has 0 unspecified atom stereocenters. The Hall–Kier alpha value is -1.32. The van der Waals surface area contributed by atoms with Gasteiger partial charge < -0.3 is 0 Å². The Kier molecular flexibility index (Phi) is 5.07. The summed E-state index contributed by atoms with van der Waals surface area (Å²) in [6.07, 6.45) is 0.431. The molecule has 7 nitrogen and oxygen atoms in total. The van der Waals surface area contributed by atoms with E-state index in [1.54, 1.807) is 28.9 Å². The summed E-state index contributed by atoms with van der Waals surface area (Å²) in [5.41, 5.74) is 0. The van der Waals surface area contributed by atoms with Crippen LogP contribution in [-0.4, -0.2) is 35.2 Å². The Balaban J connectivity index is 1.99. The van der Waals surface area contributed by atoms with Gasteiger partial charge in [0.15, 0.2) is 5.82 Å². The summed E-state index contributed by atoms with van der Waals surface area (Å²) in [6.45, 7) is 4.17. The summed E-state index contributed by atoms with van der Waals surface area (Å²) < 4.78 is 29.3. The predicted molar refractivity (Wildman–Crippen MR) is 81.2 cm³/mol. The highest BCUT2D eigenvalue weighted by Gasteiger charge is 2.15. The van der Waals surface area contributed by atoms with Crippen LogP contribution < -0.4 is 4.72 Å². The summed E-state index contributed by atoms with van der Waals surface area (Å²) in [5.74, 6) is 0.656. The van der Waals surface area contributed by atoms with Gasteiger partial charge in [0, 0.05) is 17.4 Å². The second-order valence-corrected chi connectivity index (χ2v) is 7.42. The number of nitrogens with one attached hydrogen (secondary N) is 1. The Morgan fingerprint density at radius 1 is 1.29 bits per heavy atom. The minimum absolute atomic E-state index is 0.137. The van der Waals surface area contributed by atoms with Crippen molar-refractivity contribution in [3.05, 3.63) is 34.6 Å². The van der Waals surface area contributed by atoms with Crippen molar-refractivity contribution < 1.29 is 8.42 Å². The van der Waals surface area contributed by atoms with Crippen molar-refractivity contribution in [1.82, 2.24) is 24.9 Å². The molecule has 114 valence electrons. The third kappa shape index (κ3) is 4.08. The van der Waals surface area contributed by atoms with Gasteiger partial charge in [-0.05, 0) is 48.5 Å². The quantitative estimate of drug-likeness (QED) is 0.829. The summed E-state index contributed by atoms with van der Waals surface area (Å²) >= 11 is 3.27. The van der Waals surface area contributed by atoms with Gasteiger partial charge in [0.05, 0.1) is 10.9 Å². The van der Waals surface area contributed by atoms with Crippen LogP contribution in [0.1, 0.15) is 25.7 Å². The van der Waals surface area contributed by atoms with Gasteiger partial charge in [0.2, 0.25) is 10.0 Å². The fraction of sp³-hybridized carbons (Fsp3) is 0.417. The lowest BCUT2D eigenvalue weighted by atomic mass is 10.3. The minimum atomic E-state index is -3.51. The van der Waals surface area contributed by atoms with E-state index in [1.165, 1.54) is 0 Å². The van der Waals surface area contributed by atoms with Gasteiger partial charge in [-0.15, -0.1) is 5.10 Å². The van der Waals surface area contributed by atoms with Crippen LogP contribution >= 0.6 is 15.9 Å². The molecule has 0 spiro atoms. The first-order valence-electron chi connectivity index (χ1n) is 6.42. The number of rotatable bonds is 6. The van der Waals surface area contributed by atoms with Gasteiger partial charge in [0.25, 0.3) is 0 Å². The Bertz CT molecular complexity index is 697. The third-order valence-corrected chi connectivity index (χ3v) is 4.82. The largest absolute Gasteiger partial charge is 0.240 e. The second kappa shape index (κ2) is 6.63. The van der Waals surface area contributed by atoms with Crippen LogP contribution in [0.5, 0.6) is 0 Å². The second-order valence-electron chi connectivity index (χ2n) is 4.74. The van der Waals surface area contributed by atoms with Crippen LogP contribution in [0.3, 0.4) is 0 Å². The lowest BCUT2D eigenvalue weighted by Crippen LogP contribution is -2.27. The van der Waals surface area contributed by atoms with E-state index < -0.39 is 10.0 Å². The first kappa shape index (κ1) is 16.1. The van der Waals surface area contributed by atoms with E-state index >= 15 is 0 Å². The van der Waals surface area contributed by atoms with Crippen molar-refractivity contribution in [2.75, 3.05) is 6.54 Å². The number of tetrazole rings is 1. The summed E-state index contributed by atoms with van der Waals surface area (Å²) in [6, 6.07) is 6.61. The van der Waals surface area contributed by atoms with Crippen molar-refractivity contribution in [3.63, 3.8) is 0 Å². The highest BCUT2D eigenvalue weighted by Crippen LogP contribution is 2.14. The SMILES string of the molecule is CC(C)n1nnnc1CCNS(=O)(=O)c1ccc(Br)cc1. The van der Waals surface area contributed by atoms with Crippen molar-refractivity contribution in [2.45, 2.75) is 31.2 Å². The zero-order valence-electron chi connectivity index (χ0n) is 11.7. The molecule has 9 heteroatoms. The lowest BCUT2D eigenvalue weighted by molar-refractivity contribution is 0.492. The fourth-order valence-electron chi connectivity index (χ4n) is 1.77. The molecule has 1 aromatic carbocycles. The average Bonchev–Trinajstić information content (AvgIpc) is 2.87. The summed E-state index contributed by atoms with van der Waals surface area (Å²) in [4.78, 5) is 0.231. The third-order valence-electron chi connectivity index (χ3n) is 2.81. The maximum Gasteiger partial charge on any atom is 0.240 e. The Morgan fingerprint density at radius 3 is 2.57 bits per heavy atom. The van der Waals surface area contributed by atoms with Crippen molar-refractivity contribution in [3.8, 4) is 0 Å². The molecule has 2 rings (SSSR count). The van der Waals surface area contributed by atoms with Crippen LogP contribution in [-0.2, 0) is 16.4 Å². The zero-order valence-corrected chi connectivity index (χ0v) is 14.1. The molecule has 0 aliphatic heterocycles. The molecular formula is C12H16BrN5O2S. The number of benzene rings is 1. The van der Waals surface area contributed by atoms with E-state index in [-0.39, 0.29) is 17.5 Å². The summed E-state index contributed by atoms with van der Waals surface area (Å²) in [5, 5.41) is 11.4. The molecule has 2 aromatic rings. The molecule has 0 fully saturated rings. The monoisotopic (exact) mass is 373 g/mol. The predicted octanol–water partition coefficient (Wildman–Crippen LogP) is 1.54. The number of halogens is 1. The van der Waals surface area contributed by atoms with E-state index in [0.29, 0.717) is 12.2 Å². The van der Waals surface area contributed by atoms with E-state index in [0.717, 1.165) is 4.47 Å². The number of nitrogens with zero attached hydrogens (tertiary/aromatic N) is 4. The molecule has 0 aliphatic carbocycles. The van der Waals surface area contributed by atoms with Crippen LogP contribution in [0.4, 0.5) is 0 Å². The van der Waals surface area contributed by atoms with E-state index in [2.05, 4.69) is 36.2 Å². The topological polar surface area (TPSA) is 89.8 Å². The minimum Gasteiger partial charge on any atom is -0.227 e. The molecule has 0 bridgehead atoms. The van der Waals surface area contributed by atoms with Crippen molar-refractivity contribution >= 4 is 26.0 Å². The fourth-order valence-corrected chi connectivity index (χ4v) is 3.07. The first-order valence-corrected chi connectivity index (χ1v) is 8.70. The van der Waals surface area contributed by atoms with E-state index in [9.17, 15) is 8.42 Å². The van der Waals surface area contributed by atoms with Gasteiger partial charge in [-0.1, -0.05) is 15.9 Å². The van der Waals surface area contributed by atoms with Gasteiger partial charge in [-0.25, -0.2) is 17.8 Å². The number of sulfonamides is 1. The van der Waals surface area contributed by atoms with Gasteiger partial charge in [0.1, 0.15) is 0 Å². The molecule has 21 heavy (non-hydrogen) atoms. The molecule has 0 atom stereocenters. The molecule has 0 radical (unpaired) electrons. The Labute approximate surface area is 131 Å². The number of hydrogen-bond acceptors (Lipinski definition) is 5. The molecule has 0 saturated heterocycles. The van der Waals surface area contributed by atoms with Crippen molar-refractivity contribution in [2.24, 2.45) is 0 Å². The molecule has 0 saturated carbocycles. The van der Waals surface area contributed by atoms with Crippen LogP contribution in [0, 0.1) is 0 Å². The van der Waals surface area contributed by atoms with E-state index in [4.69, 9.17) is 0 Å². The first-order chi connectivity index (χ1) is 9.90. The van der Waals surface area contributed by atoms with Gasteiger partial charge >= 0.3 is 0 Å². The maximum absolute atomic E-state index is 12.1. The standard InChI is InChI=1S/C12H16BrN5O2S/c1-9(2)18-12(15-16-17-18)7-8-14-21(19,20)11-5-3-10(13)4-6-11/h3-6,9,14H,7-8H2,1-2H3. The van der Waals surface area contributed by atoms with Gasteiger partial charge in [-0.3, -0.25) is 0 Å². The smallest absolute Gasteiger partial charge is 0.227 e.